The van der Waals surface area contributed by atoms with E-state index in [2.05, 4.69) is 6.92 Å². The van der Waals surface area contributed by atoms with Gasteiger partial charge in [-0.1, -0.05) is 50.1 Å². The Morgan fingerprint density at radius 3 is 2.47 bits per heavy atom. The van der Waals surface area contributed by atoms with E-state index in [1.54, 1.807) is 12.1 Å². The second-order valence-electron chi connectivity index (χ2n) is 3.87. The molecule has 1 N–H and O–H groups in total. The number of carbonyl (C=O) groups excluding carboxylic acids is 1. The quantitative estimate of drug-likeness (QED) is 0.574. The molecule has 2 heteroatoms. The molecule has 0 amide bonds. The molecule has 0 aliphatic rings. The molecule has 0 aliphatic carbocycles. The summed E-state index contributed by atoms with van der Waals surface area (Å²) >= 11 is 0. The van der Waals surface area contributed by atoms with E-state index in [1.807, 2.05) is 18.2 Å². The lowest BCUT2D eigenvalue weighted by Crippen LogP contribution is -2.27. The maximum Gasteiger partial charge on any atom is 0.156 e. The van der Waals surface area contributed by atoms with Gasteiger partial charge in [0.1, 0.15) is 5.60 Å². The topological polar surface area (TPSA) is 37.3 Å². The highest BCUT2D eigenvalue weighted by molar-refractivity contribution is 5.65. The van der Waals surface area contributed by atoms with Crippen LogP contribution in [0.15, 0.2) is 30.3 Å². The number of unbranched alkanes of at least 4 members (excludes halogenated alkanes) is 2. The van der Waals surface area contributed by atoms with Crippen LogP contribution in [0.5, 0.6) is 0 Å². The van der Waals surface area contributed by atoms with Crippen molar-refractivity contribution in [1.82, 2.24) is 0 Å². The molecule has 2 nitrogen and oxygen atoms in total. The van der Waals surface area contributed by atoms with Gasteiger partial charge < -0.3 is 5.11 Å². The Labute approximate surface area is 90.9 Å². The molecule has 0 heterocycles. The van der Waals surface area contributed by atoms with E-state index in [0.717, 1.165) is 19.3 Å². The highest BCUT2D eigenvalue weighted by Gasteiger charge is 2.27. The van der Waals surface area contributed by atoms with Crippen molar-refractivity contribution in [2.24, 2.45) is 0 Å². The van der Waals surface area contributed by atoms with Crippen molar-refractivity contribution in [3.8, 4) is 0 Å². The minimum Gasteiger partial charge on any atom is -0.378 e. The first-order valence-corrected chi connectivity index (χ1v) is 5.47. The highest BCUT2D eigenvalue weighted by Crippen LogP contribution is 2.24. The number of carbonyl (C=O) groups is 1. The van der Waals surface area contributed by atoms with Crippen LogP contribution in [0.1, 0.15) is 38.2 Å². The number of aliphatic hydroxyl groups is 1. The number of rotatable bonds is 6. The Morgan fingerprint density at radius 2 is 1.93 bits per heavy atom. The average molecular weight is 206 g/mol. The monoisotopic (exact) mass is 206 g/mol. The smallest absolute Gasteiger partial charge is 0.156 e. The van der Waals surface area contributed by atoms with Crippen molar-refractivity contribution in [1.29, 1.82) is 0 Å². The third kappa shape index (κ3) is 3.17. The predicted octanol–water partition coefficient (Wildman–Crippen LogP) is 2.65. The lowest BCUT2D eigenvalue weighted by atomic mass is 9.90. The Bertz CT molecular complexity index is 295. The van der Waals surface area contributed by atoms with Crippen LogP contribution < -0.4 is 0 Å². The lowest BCUT2D eigenvalue weighted by Gasteiger charge is -2.21. The summed E-state index contributed by atoms with van der Waals surface area (Å²) in [5.41, 5.74) is -0.604. The molecule has 0 saturated heterocycles. The summed E-state index contributed by atoms with van der Waals surface area (Å²) in [5, 5.41) is 10.1. The molecule has 15 heavy (non-hydrogen) atoms. The van der Waals surface area contributed by atoms with Gasteiger partial charge in [-0.05, 0) is 18.4 Å². The summed E-state index contributed by atoms with van der Waals surface area (Å²) in [6.07, 6.45) is 4.17. The van der Waals surface area contributed by atoms with Crippen molar-refractivity contribution in [3.05, 3.63) is 35.9 Å². The van der Waals surface area contributed by atoms with Crippen LogP contribution in [-0.4, -0.2) is 11.4 Å². The first-order chi connectivity index (χ1) is 7.23. The van der Waals surface area contributed by atoms with Crippen LogP contribution in [-0.2, 0) is 10.4 Å². The Morgan fingerprint density at radius 1 is 1.27 bits per heavy atom. The molecule has 82 valence electrons. The zero-order valence-corrected chi connectivity index (χ0v) is 9.15. The molecule has 0 saturated carbocycles. The lowest BCUT2D eigenvalue weighted by molar-refractivity contribution is -0.125. The molecule has 1 atom stereocenters. The van der Waals surface area contributed by atoms with Gasteiger partial charge in [0, 0.05) is 0 Å². The molecular weight excluding hydrogens is 188 g/mol. The van der Waals surface area contributed by atoms with E-state index < -0.39 is 5.60 Å². The summed E-state index contributed by atoms with van der Waals surface area (Å²) in [5.74, 6) is 0. The maximum absolute atomic E-state index is 11.0. The Balaban J connectivity index is 2.72. The van der Waals surface area contributed by atoms with Crippen molar-refractivity contribution in [2.75, 3.05) is 0 Å². The normalized spacial score (nSPS) is 14.5. The van der Waals surface area contributed by atoms with Crippen LogP contribution in [0.25, 0.3) is 0 Å². The summed E-state index contributed by atoms with van der Waals surface area (Å²) in [6, 6.07) is 9.13. The summed E-state index contributed by atoms with van der Waals surface area (Å²) in [4.78, 5) is 11.0. The van der Waals surface area contributed by atoms with Gasteiger partial charge in [-0.2, -0.15) is 0 Å². The standard InChI is InChI=1S/C13H18O2/c1-2-3-7-10-13(15,11-14)12-8-5-4-6-9-12/h4-6,8-9,11,15H,2-3,7,10H2,1H3. The molecule has 0 spiro atoms. The third-order valence-corrected chi connectivity index (χ3v) is 2.63. The van der Waals surface area contributed by atoms with Crippen LogP contribution >= 0.6 is 0 Å². The zero-order valence-electron chi connectivity index (χ0n) is 9.15. The van der Waals surface area contributed by atoms with Gasteiger partial charge in [-0.3, -0.25) is 4.79 Å². The highest BCUT2D eigenvalue weighted by atomic mass is 16.3. The fourth-order valence-electron chi connectivity index (χ4n) is 1.64. The van der Waals surface area contributed by atoms with Crippen LogP contribution in [0.2, 0.25) is 0 Å². The van der Waals surface area contributed by atoms with Crippen molar-refractivity contribution in [2.45, 2.75) is 38.2 Å². The van der Waals surface area contributed by atoms with Gasteiger partial charge in [0.25, 0.3) is 0 Å². The molecule has 0 fully saturated rings. The van der Waals surface area contributed by atoms with Gasteiger partial charge in [-0.25, -0.2) is 0 Å². The van der Waals surface area contributed by atoms with Crippen LogP contribution in [0, 0.1) is 0 Å². The average Bonchev–Trinajstić information content (AvgIpc) is 2.30. The molecule has 0 bridgehead atoms. The minimum absolute atomic E-state index is 0.508. The Hall–Kier alpha value is -1.15. The second kappa shape index (κ2) is 5.66. The van der Waals surface area contributed by atoms with E-state index >= 15 is 0 Å². The van der Waals surface area contributed by atoms with Crippen molar-refractivity contribution < 1.29 is 9.90 Å². The van der Waals surface area contributed by atoms with Crippen LogP contribution in [0.4, 0.5) is 0 Å². The summed E-state index contributed by atoms with van der Waals surface area (Å²) in [6.45, 7) is 2.10. The first kappa shape index (κ1) is 11.9. The van der Waals surface area contributed by atoms with Gasteiger partial charge in [0.05, 0.1) is 0 Å². The fraction of sp³-hybridized carbons (Fsp3) is 0.462. The molecule has 1 aromatic rings. The second-order valence-corrected chi connectivity index (χ2v) is 3.87. The number of benzene rings is 1. The molecule has 0 aromatic heterocycles. The molecule has 1 unspecified atom stereocenters. The van der Waals surface area contributed by atoms with Gasteiger partial charge >= 0.3 is 0 Å². The SMILES string of the molecule is CCCCCC(O)(C=O)c1ccccc1. The maximum atomic E-state index is 11.0. The first-order valence-electron chi connectivity index (χ1n) is 5.47. The van der Waals surface area contributed by atoms with Gasteiger partial charge in [0.2, 0.25) is 0 Å². The Kier molecular flexibility index (Phi) is 4.50. The molecule has 1 aromatic carbocycles. The van der Waals surface area contributed by atoms with E-state index in [9.17, 15) is 9.90 Å². The van der Waals surface area contributed by atoms with Crippen LogP contribution in [0.3, 0.4) is 0 Å². The van der Waals surface area contributed by atoms with Gasteiger partial charge in [0.15, 0.2) is 6.29 Å². The van der Waals surface area contributed by atoms with Crippen molar-refractivity contribution in [3.63, 3.8) is 0 Å². The summed E-state index contributed by atoms with van der Waals surface area (Å²) < 4.78 is 0. The number of hydrogen-bond donors (Lipinski definition) is 1. The predicted molar refractivity (Wildman–Crippen MR) is 60.5 cm³/mol. The molecule has 0 aliphatic heterocycles. The van der Waals surface area contributed by atoms with Gasteiger partial charge in [-0.15, -0.1) is 0 Å². The molecule has 0 radical (unpaired) electrons. The van der Waals surface area contributed by atoms with E-state index in [0.29, 0.717) is 18.3 Å². The molecular formula is C13H18O2. The van der Waals surface area contributed by atoms with E-state index in [1.165, 1.54) is 0 Å². The fourth-order valence-corrected chi connectivity index (χ4v) is 1.64. The summed E-state index contributed by atoms with van der Waals surface area (Å²) in [7, 11) is 0. The largest absolute Gasteiger partial charge is 0.378 e. The molecule has 1 rings (SSSR count). The third-order valence-electron chi connectivity index (χ3n) is 2.63. The van der Waals surface area contributed by atoms with E-state index in [4.69, 9.17) is 0 Å². The zero-order chi connectivity index (χ0) is 11.1. The number of aldehydes is 1. The number of hydrogen-bond acceptors (Lipinski definition) is 2. The van der Waals surface area contributed by atoms with Crippen molar-refractivity contribution >= 4 is 6.29 Å². The minimum atomic E-state index is -1.30. The van der Waals surface area contributed by atoms with E-state index in [-0.39, 0.29) is 0 Å².